The molecule has 0 radical (unpaired) electrons. The van der Waals surface area contributed by atoms with E-state index in [4.69, 9.17) is 10.8 Å². The van der Waals surface area contributed by atoms with Gasteiger partial charge in [0.05, 0.1) is 23.3 Å². The Morgan fingerprint density at radius 2 is 1.94 bits per heavy atom. The smallest absolute Gasteiger partial charge is 0.337 e. The third kappa shape index (κ3) is 3.57. The van der Waals surface area contributed by atoms with E-state index in [0.29, 0.717) is 24.2 Å². The fraction of sp³-hybridized carbons (Fsp3) is 0.667. The standard InChI is InChI=1S/C18H25N3O2.C6H5NO2/c19-8-13-2-12-3-14(12)21(13)16(22)15(20)17-4-10-1-11(5-17)7-18(23,6-10)9-17;8-6(9)5-2-1-3-7-4-5/h10-15,23H,1-7,9,20H2;1-4H,(H,8,9)/t10-,11+,12-,13+,14+,15-,17?,18?;/m1./s1. The molecule has 0 spiro atoms. The number of carbonyl (C=O) groups excluding carboxylic acids is 1. The van der Waals surface area contributed by atoms with E-state index in [0.717, 1.165) is 38.5 Å². The number of pyridine rings is 1. The summed E-state index contributed by atoms with van der Waals surface area (Å²) in [5.74, 6) is 0.616. The Bertz CT molecular complexity index is 946. The summed E-state index contributed by atoms with van der Waals surface area (Å²) >= 11 is 0. The van der Waals surface area contributed by atoms with E-state index < -0.39 is 17.6 Å². The van der Waals surface area contributed by atoms with Crippen LogP contribution in [0.5, 0.6) is 0 Å². The normalized spacial score (nSPS) is 41.2. The second-order valence-corrected chi connectivity index (χ2v) is 10.8. The zero-order chi connectivity index (χ0) is 22.7. The van der Waals surface area contributed by atoms with Gasteiger partial charge in [0, 0.05) is 18.4 Å². The predicted octanol–water partition coefficient (Wildman–Crippen LogP) is 1.94. The van der Waals surface area contributed by atoms with Crippen molar-refractivity contribution in [3.05, 3.63) is 30.1 Å². The average Bonchev–Trinajstić information content (AvgIpc) is 3.41. The van der Waals surface area contributed by atoms with Gasteiger partial charge in [-0.15, -0.1) is 0 Å². The second-order valence-electron chi connectivity index (χ2n) is 10.8. The Morgan fingerprint density at radius 1 is 1.22 bits per heavy atom. The number of aromatic carboxylic acids is 1. The lowest BCUT2D eigenvalue weighted by Crippen LogP contribution is -2.64. The van der Waals surface area contributed by atoms with Gasteiger partial charge in [-0.1, -0.05) is 0 Å². The molecule has 5 saturated carbocycles. The molecule has 4 bridgehead atoms. The van der Waals surface area contributed by atoms with Crippen LogP contribution in [0.25, 0.3) is 0 Å². The average molecular weight is 439 g/mol. The topological polar surface area (TPSA) is 141 Å². The van der Waals surface area contributed by atoms with Crippen molar-refractivity contribution >= 4 is 11.9 Å². The van der Waals surface area contributed by atoms with Gasteiger partial charge >= 0.3 is 5.97 Å². The highest BCUT2D eigenvalue weighted by molar-refractivity contribution is 5.87. The van der Waals surface area contributed by atoms with Crippen LogP contribution in [0.3, 0.4) is 0 Å². The highest BCUT2D eigenvalue weighted by Crippen LogP contribution is 2.63. The molecule has 1 amide bonds. The number of carboxylic acids is 1. The number of carboxylic acid groups (broad SMARTS) is 1. The number of rotatable bonds is 3. The number of carbonyl (C=O) groups is 2. The van der Waals surface area contributed by atoms with Crippen molar-refractivity contribution in [2.75, 3.05) is 0 Å². The van der Waals surface area contributed by atoms with Crippen LogP contribution in [0.1, 0.15) is 61.7 Å². The molecule has 0 aromatic carbocycles. The molecular formula is C24H30N4O4. The Balaban J connectivity index is 0.000000203. The number of likely N-dealkylation sites (tertiary alicyclic amines) is 1. The summed E-state index contributed by atoms with van der Waals surface area (Å²) in [4.78, 5) is 28.7. The van der Waals surface area contributed by atoms with E-state index in [1.807, 2.05) is 0 Å². The Hall–Kier alpha value is -2.50. The van der Waals surface area contributed by atoms with Gasteiger partial charge < -0.3 is 20.8 Å². The molecule has 8 nitrogen and oxygen atoms in total. The largest absolute Gasteiger partial charge is 0.478 e. The first kappa shape index (κ1) is 21.4. The number of aromatic nitrogens is 1. The van der Waals surface area contributed by atoms with E-state index in [1.165, 1.54) is 24.9 Å². The maximum atomic E-state index is 13.1. The molecule has 1 aromatic rings. The van der Waals surface area contributed by atoms with Gasteiger partial charge in [0.2, 0.25) is 5.91 Å². The Labute approximate surface area is 187 Å². The van der Waals surface area contributed by atoms with Crippen molar-refractivity contribution in [1.29, 1.82) is 5.26 Å². The molecule has 1 aromatic heterocycles. The molecular weight excluding hydrogens is 408 g/mol. The van der Waals surface area contributed by atoms with Crippen LogP contribution in [0.15, 0.2) is 24.5 Å². The molecule has 5 aliphatic carbocycles. The molecule has 170 valence electrons. The number of amides is 1. The second kappa shape index (κ2) is 7.53. The number of nitrogens with zero attached hydrogens (tertiary/aromatic N) is 3. The molecule has 6 aliphatic rings. The fourth-order valence-electron chi connectivity index (χ4n) is 7.45. The minimum absolute atomic E-state index is 0.0212. The van der Waals surface area contributed by atoms with Gasteiger partial charge in [-0.2, -0.15) is 5.26 Å². The van der Waals surface area contributed by atoms with E-state index in [-0.39, 0.29) is 29.0 Å². The quantitative estimate of drug-likeness (QED) is 0.655. The molecule has 8 heteroatoms. The van der Waals surface area contributed by atoms with E-state index in [9.17, 15) is 20.0 Å². The molecule has 2 heterocycles. The van der Waals surface area contributed by atoms with Crippen molar-refractivity contribution in [2.45, 2.75) is 75.1 Å². The van der Waals surface area contributed by atoms with Gasteiger partial charge in [-0.3, -0.25) is 9.78 Å². The van der Waals surface area contributed by atoms with E-state index in [2.05, 4.69) is 11.1 Å². The molecule has 8 atom stereocenters. The fourth-order valence-corrected chi connectivity index (χ4v) is 7.45. The summed E-state index contributed by atoms with van der Waals surface area (Å²) in [7, 11) is 0. The summed E-state index contributed by atoms with van der Waals surface area (Å²) in [6.07, 6.45) is 10.3. The van der Waals surface area contributed by atoms with Crippen LogP contribution in [0.4, 0.5) is 0 Å². The summed E-state index contributed by atoms with van der Waals surface area (Å²) in [6.45, 7) is 0. The Kier molecular flexibility index (Phi) is 5.02. The van der Waals surface area contributed by atoms with E-state index in [1.54, 1.807) is 11.0 Å². The zero-order valence-electron chi connectivity index (χ0n) is 18.1. The van der Waals surface area contributed by atoms with Crippen LogP contribution in [-0.2, 0) is 4.79 Å². The van der Waals surface area contributed by atoms with E-state index >= 15 is 0 Å². The van der Waals surface area contributed by atoms with Gasteiger partial charge in [0.1, 0.15) is 6.04 Å². The maximum Gasteiger partial charge on any atom is 0.337 e. The van der Waals surface area contributed by atoms with Gasteiger partial charge in [0.15, 0.2) is 0 Å². The van der Waals surface area contributed by atoms with Gasteiger partial charge in [-0.05, 0) is 86.7 Å². The summed E-state index contributed by atoms with van der Waals surface area (Å²) < 4.78 is 0. The molecule has 7 rings (SSSR count). The number of piperidine rings is 1. The third-order valence-electron chi connectivity index (χ3n) is 8.42. The van der Waals surface area contributed by atoms with Crippen molar-refractivity contribution in [3.8, 4) is 6.07 Å². The first-order valence-corrected chi connectivity index (χ1v) is 11.6. The summed E-state index contributed by atoms with van der Waals surface area (Å²) in [5.41, 5.74) is 5.93. The van der Waals surface area contributed by atoms with Gasteiger partial charge in [0.25, 0.3) is 0 Å². The van der Waals surface area contributed by atoms with Crippen LogP contribution >= 0.6 is 0 Å². The van der Waals surface area contributed by atoms with Crippen LogP contribution in [0.2, 0.25) is 0 Å². The van der Waals surface area contributed by atoms with Crippen LogP contribution < -0.4 is 5.73 Å². The van der Waals surface area contributed by atoms with Crippen LogP contribution in [0, 0.1) is 34.5 Å². The monoisotopic (exact) mass is 438 g/mol. The van der Waals surface area contributed by atoms with Crippen molar-refractivity contribution in [1.82, 2.24) is 9.88 Å². The van der Waals surface area contributed by atoms with Crippen LogP contribution in [-0.4, -0.2) is 55.7 Å². The third-order valence-corrected chi connectivity index (χ3v) is 8.42. The summed E-state index contributed by atoms with van der Waals surface area (Å²) in [5, 5.41) is 28.6. The zero-order valence-corrected chi connectivity index (χ0v) is 18.1. The van der Waals surface area contributed by atoms with Crippen molar-refractivity contribution in [2.24, 2.45) is 28.9 Å². The molecule has 32 heavy (non-hydrogen) atoms. The number of hydrogen-bond acceptors (Lipinski definition) is 6. The lowest BCUT2D eigenvalue weighted by molar-refractivity contribution is -0.177. The molecule has 6 fully saturated rings. The first-order valence-electron chi connectivity index (χ1n) is 11.6. The molecule has 1 aliphatic heterocycles. The minimum Gasteiger partial charge on any atom is -0.478 e. The SMILES string of the molecule is N#C[C@@H]1C[C@@H]2C[C@@H]2N1C(=O)[C@@H](N)C12C[C@@H]3C[C@@H](CC(O)(C3)C1)C2.O=C(O)c1cccnc1. The Morgan fingerprint density at radius 3 is 2.47 bits per heavy atom. The minimum atomic E-state index is -0.942. The molecule has 4 N–H and O–H groups in total. The lowest BCUT2D eigenvalue weighted by atomic mass is 9.46. The van der Waals surface area contributed by atoms with Crippen molar-refractivity contribution < 1.29 is 19.8 Å². The highest BCUT2D eigenvalue weighted by atomic mass is 16.4. The number of nitriles is 1. The number of nitrogens with two attached hydrogens (primary N) is 1. The predicted molar refractivity (Wildman–Crippen MR) is 114 cm³/mol. The number of hydrogen-bond donors (Lipinski definition) is 3. The first-order chi connectivity index (χ1) is 15.2. The van der Waals surface area contributed by atoms with Gasteiger partial charge in [-0.25, -0.2) is 4.79 Å². The number of fused-ring (bicyclic) bond motifs is 1. The maximum absolute atomic E-state index is 13.1. The highest BCUT2D eigenvalue weighted by Gasteiger charge is 2.62. The van der Waals surface area contributed by atoms with Crippen molar-refractivity contribution in [3.63, 3.8) is 0 Å². The molecule has 2 unspecified atom stereocenters. The molecule has 1 saturated heterocycles. The lowest BCUT2D eigenvalue weighted by Gasteiger charge is -2.61. The number of aliphatic hydroxyl groups is 1. The summed E-state index contributed by atoms with van der Waals surface area (Å²) in [6, 6.07) is 4.80.